The van der Waals surface area contributed by atoms with E-state index in [1.807, 2.05) is 13.0 Å². The average Bonchev–Trinajstić information content (AvgIpc) is 2.70. The van der Waals surface area contributed by atoms with E-state index in [-0.39, 0.29) is 17.8 Å². The van der Waals surface area contributed by atoms with E-state index < -0.39 is 0 Å². The first kappa shape index (κ1) is 20.2. The van der Waals surface area contributed by atoms with Crippen LogP contribution in [0.1, 0.15) is 24.1 Å². The predicted octanol–water partition coefficient (Wildman–Crippen LogP) is 4.63. The van der Waals surface area contributed by atoms with E-state index in [9.17, 15) is 9.18 Å². The number of halogens is 1. The summed E-state index contributed by atoms with van der Waals surface area (Å²) < 4.78 is 23.9. The summed E-state index contributed by atoms with van der Waals surface area (Å²) in [6, 6.07) is 11.4. The Kier molecular flexibility index (Phi) is 7.17. The molecule has 0 aliphatic rings. The minimum absolute atomic E-state index is 0.155. The van der Waals surface area contributed by atoms with Crippen molar-refractivity contribution in [3.63, 3.8) is 0 Å². The SMILES string of the molecule is C=CCOc1ccc(/C=C/C(=O)N(C)C(C)c2ccc(F)cc2)cc1OC. The molecule has 0 saturated heterocycles. The summed E-state index contributed by atoms with van der Waals surface area (Å²) in [5.41, 5.74) is 1.68. The van der Waals surface area contributed by atoms with Gasteiger partial charge in [0, 0.05) is 13.1 Å². The summed E-state index contributed by atoms with van der Waals surface area (Å²) >= 11 is 0. The predicted molar refractivity (Wildman–Crippen MR) is 105 cm³/mol. The lowest BCUT2D eigenvalue weighted by Gasteiger charge is -2.24. The maximum Gasteiger partial charge on any atom is 0.246 e. The van der Waals surface area contributed by atoms with Crippen molar-refractivity contribution < 1.29 is 18.7 Å². The Hall–Kier alpha value is -3.08. The number of methoxy groups -OCH3 is 1. The maximum absolute atomic E-state index is 13.1. The summed E-state index contributed by atoms with van der Waals surface area (Å²) in [5.74, 6) is 0.745. The van der Waals surface area contributed by atoms with Crippen molar-refractivity contribution in [2.45, 2.75) is 13.0 Å². The standard InChI is InChI=1S/C22H24FNO3/c1-5-14-27-20-12-6-17(15-21(20)26-4)7-13-22(25)24(3)16(2)18-8-10-19(23)11-9-18/h5-13,15-16H,1,14H2,2-4H3/b13-7+. The number of rotatable bonds is 8. The number of nitrogens with zero attached hydrogens (tertiary/aromatic N) is 1. The van der Waals surface area contributed by atoms with Gasteiger partial charge in [-0.1, -0.05) is 30.9 Å². The Morgan fingerprint density at radius 3 is 2.56 bits per heavy atom. The molecule has 142 valence electrons. The van der Waals surface area contributed by atoms with Gasteiger partial charge in [-0.25, -0.2) is 4.39 Å². The molecule has 2 aromatic carbocycles. The van der Waals surface area contributed by atoms with E-state index in [0.717, 1.165) is 11.1 Å². The Morgan fingerprint density at radius 1 is 1.22 bits per heavy atom. The number of likely N-dealkylation sites (N-methyl/N-ethyl adjacent to an activating group) is 1. The number of ether oxygens (including phenoxy) is 2. The van der Waals surface area contributed by atoms with Crippen LogP contribution in [0.5, 0.6) is 11.5 Å². The smallest absolute Gasteiger partial charge is 0.246 e. The summed E-state index contributed by atoms with van der Waals surface area (Å²) in [5, 5.41) is 0. The van der Waals surface area contributed by atoms with Gasteiger partial charge in [0.15, 0.2) is 11.5 Å². The third kappa shape index (κ3) is 5.45. The molecular formula is C22H24FNO3. The van der Waals surface area contributed by atoms with Crippen LogP contribution < -0.4 is 9.47 Å². The van der Waals surface area contributed by atoms with Crippen molar-refractivity contribution >= 4 is 12.0 Å². The molecule has 0 heterocycles. The van der Waals surface area contributed by atoms with Gasteiger partial charge >= 0.3 is 0 Å². The minimum Gasteiger partial charge on any atom is -0.493 e. The van der Waals surface area contributed by atoms with Gasteiger partial charge in [-0.3, -0.25) is 4.79 Å². The fourth-order valence-corrected chi connectivity index (χ4v) is 2.50. The van der Waals surface area contributed by atoms with E-state index in [4.69, 9.17) is 9.47 Å². The van der Waals surface area contributed by atoms with E-state index in [0.29, 0.717) is 18.1 Å². The Bertz CT molecular complexity index is 815. The van der Waals surface area contributed by atoms with Crippen LogP contribution in [0.15, 0.2) is 61.2 Å². The lowest BCUT2D eigenvalue weighted by molar-refractivity contribution is -0.126. The lowest BCUT2D eigenvalue weighted by Crippen LogP contribution is -2.27. The highest BCUT2D eigenvalue weighted by Crippen LogP contribution is 2.28. The molecule has 1 amide bonds. The molecular weight excluding hydrogens is 345 g/mol. The molecule has 2 rings (SSSR count). The Balaban J connectivity index is 2.08. The van der Waals surface area contributed by atoms with Gasteiger partial charge in [0.2, 0.25) is 5.91 Å². The molecule has 0 aliphatic carbocycles. The van der Waals surface area contributed by atoms with Crippen molar-refractivity contribution in [2.24, 2.45) is 0 Å². The van der Waals surface area contributed by atoms with Crippen molar-refractivity contribution in [3.8, 4) is 11.5 Å². The number of carbonyl (C=O) groups excluding carboxylic acids is 1. The minimum atomic E-state index is -0.297. The number of hydrogen-bond donors (Lipinski definition) is 0. The topological polar surface area (TPSA) is 38.8 Å². The van der Waals surface area contributed by atoms with E-state index in [1.165, 1.54) is 18.2 Å². The highest BCUT2D eigenvalue weighted by molar-refractivity contribution is 5.92. The van der Waals surface area contributed by atoms with E-state index in [2.05, 4.69) is 6.58 Å². The molecule has 0 bridgehead atoms. The Morgan fingerprint density at radius 2 is 1.93 bits per heavy atom. The van der Waals surface area contributed by atoms with E-state index >= 15 is 0 Å². The number of benzene rings is 2. The summed E-state index contributed by atoms with van der Waals surface area (Å²) in [6.07, 6.45) is 4.87. The average molecular weight is 369 g/mol. The highest BCUT2D eigenvalue weighted by atomic mass is 19.1. The normalized spacial score (nSPS) is 11.9. The zero-order chi connectivity index (χ0) is 19.8. The zero-order valence-electron chi connectivity index (χ0n) is 15.8. The van der Waals surface area contributed by atoms with Crippen LogP contribution in [0.3, 0.4) is 0 Å². The fourth-order valence-electron chi connectivity index (χ4n) is 2.50. The largest absolute Gasteiger partial charge is 0.493 e. The van der Waals surface area contributed by atoms with Crippen LogP contribution >= 0.6 is 0 Å². The molecule has 1 atom stereocenters. The van der Waals surface area contributed by atoms with Gasteiger partial charge in [-0.15, -0.1) is 0 Å². The molecule has 0 spiro atoms. The second kappa shape index (κ2) is 9.57. The van der Waals surface area contributed by atoms with Crippen LogP contribution in [-0.4, -0.2) is 31.6 Å². The summed E-state index contributed by atoms with van der Waals surface area (Å²) in [7, 11) is 3.28. The van der Waals surface area contributed by atoms with Crippen molar-refractivity contribution in [3.05, 3.63) is 78.1 Å². The molecule has 0 aromatic heterocycles. The second-order valence-corrected chi connectivity index (χ2v) is 6.02. The van der Waals surface area contributed by atoms with E-state index in [1.54, 1.807) is 55.5 Å². The first-order chi connectivity index (χ1) is 13.0. The van der Waals surface area contributed by atoms with Crippen LogP contribution in [0.2, 0.25) is 0 Å². The molecule has 1 unspecified atom stereocenters. The van der Waals surface area contributed by atoms with Crippen LogP contribution in [0.25, 0.3) is 6.08 Å². The number of amides is 1. The second-order valence-electron chi connectivity index (χ2n) is 6.02. The van der Waals surface area contributed by atoms with Crippen molar-refractivity contribution in [1.82, 2.24) is 4.90 Å². The van der Waals surface area contributed by atoms with Crippen LogP contribution in [0.4, 0.5) is 4.39 Å². The van der Waals surface area contributed by atoms with Gasteiger partial charge in [-0.05, 0) is 48.4 Å². The zero-order valence-corrected chi connectivity index (χ0v) is 15.8. The number of carbonyl (C=O) groups is 1. The fraction of sp³-hybridized carbons (Fsp3) is 0.227. The molecule has 27 heavy (non-hydrogen) atoms. The first-order valence-corrected chi connectivity index (χ1v) is 8.58. The highest BCUT2D eigenvalue weighted by Gasteiger charge is 2.15. The third-order valence-electron chi connectivity index (χ3n) is 4.24. The Labute approximate surface area is 159 Å². The third-order valence-corrected chi connectivity index (χ3v) is 4.24. The molecule has 0 radical (unpaired) electrons. The molecule has 2 aromatic rings. The molecule has 5 heteroatoms. The van der Waals surface area contributed by atoms with Crippen molar-refractivity contribution in [2.75, 3.05) is 20.8 Å². The van der Waals surface area contributed by atoms with Gasteiger partial charge in [0.25, 0.3) is 0 Å². The molecule has 0 N–H and O–H groups in total. The van der Waals surface area contributed by atoms with Gasteiger partial charge in [0.1, 0.15) is 12.4 Å². The van der Waals surface area contributed by atoms with Crippen LogP contribution in [0, 0.1) is 5.82 Å². The molecule has 4 nitrogen and oxygen atoms in total. The first-order valence-electron chi connectivity index (χ1n) is 8.58. The van der Waals surface area contributed by atoms with Gasteiger partial charge < -0.3 is 14.4 Å². The molecule has 0 aliphatic heterocycles. The van der Waals surface area contributed by atoms with Gasteiger partial charge in [-0.2, -0.15) is 0 Å². The van der Waals surface area contributed by atoms with Crippen LogP contribution in [-0.2, 0) is 4.79 Å². The molecule has 0 saturated carbocycles. The maximum atomic E-state index is 13.1. The monoisotopic (exact) mass is 369 g/mol. The van der Waals surface area contributed by atoms with Crippen molar-refractivity contribution in [1.29, 1.82) is 0 Å². The van der Waals surface area contributed by atoms with Gasteiger partial charge in [0.05, 0.1) is 13.2 Å². The lowest BCUT2D eigenvalue weighted by atomic mass is 10.1. The number of hydrogen-bond acceptors (Lipinski definition) is 3. The quantitative estimate of drug-likeness (QED) is 0.503. The summed E-state index contributed by atoms with van der Waals surface area (Å²) in [6.45, 7) is 5.90. The summed E-state index contributed by atoms with van der Waals surface area (Å²) in [4.78, 5) is 14.1. The molecule has 0 fully saturated rings.